The molecule has 0 radical (unpaired) electrons. The molecule has 9 N–H and O–H groups in total. The number of imidazole rings is 1. The summed E-state index contributed by atoms with van der Waals surface area (Å²) in [7, 11) is 0. The number of Topliss-reactive ketones (excluding diaryl/α,β-unsaturated/α-hetero) is 1. The number of nitrogens with one attached hydrogen (secondary N) is 1. The molecular weight excluding hydrogens is 390 g/mol. The Hall–Kier alpha value is -2.91. The van der Waals surface area contributed by atoms with E-state index in [1.807, 2.05) is 0 Å². The van der Waals surface area contributed by atoms with Crippen molar-refractivity contribution >= 4 is 28.8 Å². The normalized spacial score (nSPS) is 28.9. The van der Waals surface area contributed by atoms with Gasteiger partial charge in [0.25, 0.3) is 0 Å². The number of aliphatic hydroxyl groups excluding tert-OH is 4. The average molecular weight is 411 g/mol. The molecule has 0 aromatic carbocycles. The van der Waals surface area contributed by atoms with Gasteiger partial charge in [0.1, 0.15) is 42.5 Å². The van der Waals surface area contributed by atoms with Gasteiger partial charge in [-0.3, -0.25) is 9.36 Å². The summed E-state index contributed by atoms with van der Waals surface area (Å²) < 4.78 is 6.61. The molecule has 14 nitrogen and oxygen atoms in total. The number of primary amides is 1. The van der Waals surface area contributed by atoms with Crippen molar-refractivity contribution in [2.24, 2.45) is 5.73 Å². The van der Waals surface area contributed by atoms with Crippen molar-refractivity contribution < 1.29 is 34.8 Å². The van der Waals surface area contributed by atoms with E-state index in [0.717, 1.165) is 17.2 Å². The van der Waals surface area contributed by atoms with Gasteiger partial charge in [-0.05, 0) is 6.92 Å². The van der Waals surface area contributed by atoms with Gasteiger partial charge in [0, 0.05) is 0 Å². The first-order valence-corrected chi connectivity index (χ1v) is 8.52. The number of anilines is 1. The standard InChI is InChI=1S/C15H21N7O7/c1-5(24)7(21-14(17)28)10(26)15(11(27)9(25)6(2-23)29-15)22-4-20-8-12(16)18-3-19-13(8)22/h3-7,9,11,23-25,27H,2H2,1H3,(H2,16,18,19)(H3,17,21,28)/t5-,6-,7+,9-,11-,15-/m1/s1. The van der Waals surface area contributed by atoms with Crippen LogP contribution in [0.2, 0.25) is 0 Å². The molecule has 1 aliphatic heterocycles. The van der Waals surface area contributed by atoms with E-state index in [4.69, 9.17) is 16.2 Å². The summed E-state index contributed by atoms with van der Waals surface area (Å²) in [5.41, 5.74) is 8.48. The summed E-state index contributed by atoms with van der Waals surface area (Å²) in [6.45, 7) is 0.471. The highest BCUT2D eigenvalue weighted by atomic mass is 16.6. The molecule has 0 aliphatic carbocycles. The quantitative estimate of drug-likeness (QED) is 0.243. The summed E-state index contributed by atoms with van der Waals surface area (Å²) >= 11 is 0. The molecule has 0 unspecified atom stereocenters. The van der Waals surface area contributed by atoms with Crippen molar-refractivity contribution in [3.05, 3.63) is 12.7 Å². The van der Waals surface area contributed by atoms with Gasteiger partial charge in [-0.2, -0.15) is 0 Å². The van der Waals surface area contributed by atoms with Crippen molar-refractivity contribution in [1.29, 1.82) is 0 Å². The lowest BCUT2D eigenvalue weighted by molar-refractivity contribution is -0.178. The van der Waals surface area contributed by atoms with Gasteiger partial charge >= 0.3 is 6.03 Å². The Kier molecular flexibility index (Phi) is 5.38. The molecule has 6 atom stereocenters. The van der Waals surface area contributed by atoms with Gasteiger partial charge in [-0.1, -0.05) is 0 Å². The zero-order chi connectivity index (χ0) is 21.5. The lowest BCUT2D eigenvalue weighted by atomic mass is 9.91. The monoisotopic (exact) mass is 411 g/mol. The number of hydrogen-bond donors (Lipinski definition) is 7. The highest BCUT2D eigenvalue weighted by Crippen LogP contribution is 2.39. The van der Waals surface area contributed by atoms with E-state index in [1.54, 1.807) is 0 Å². The van der Waals surface area contributed by atoms with E-state index in [0.29, 0.717) is 0 Å². The summed E-state index contributed by atoms with van der Waals surface area (Å²) in [5, 5.41) is 42.7. The number of aromatic nitrogens is 4. The Balaban J connectivity index is 2.24. The van der Waals surface area contributed by atoms with Gasteiger partial charge in [0.2, 0.25) is 11.5 Å². The van der Waals surface area contributed by atoms with E-state index >= 15 is 0 Å². The lowest BCUT2D eigenvalue weighted by Crippen LogP contribution is -2.62. The number of urea groups is 1. The molecule has 0 bridgehead atoms. The number of nitrogens with zero attached hydrogens (tertiary/aromatic N) is 4. The minimum atomic E-state index is -2.42. The fourth-order valence-corrected chi connectivity index (χ4v) is 3.35. The van der Waals surface area contributed by atoms with Gasteiger partial charge < -0.3 is 41.9 Å². The second-order valence-electron chi connectivity index (χ2n) is 6.61. The SMILES string of the molecule is C[C@@H](O)[C@H](NC(N)=O)C(=O)[C@@]1(n2cnc3c(N)ncnc32)O[C@H](CO)[C@@H](O)[C@H]1O. The van der Waals surface area contributed by atoms with Crippen LogP contribution in [0.3, 0.4) is 0 Å². The van der Waals surface area contributed by atoms with Crippen LogP contribution in [-0.2, 0) is 15.3 Å². The molecule has 3 heterocycles. The second-order valence-corrected chi connectivity index (χ2v) is 6.61. The first-order valence-electron chi connectivity index (χ1n) is 8.52. The van der Waals surface area contributed by atoms with Crippen molar-refractivity contribution in [3.63, 3.8) is 0 Å². The summed E-state index contributed by atoms with van der Waals surface area (Å²) in [6, 6.07) is -2.75. The molecule has 2 amide bonds. The van der Waals surface area contributed by atoms with Gasteiger partial charge in [-0.15, -0.1) is 0 Å². The minimum absolute atomic E-state index is 0.0228. The van der Waals surface area contributed by atoms with Gasteiger partial charge in [-0.25, -0.2) is 19.7 Å². The largest absolute Gasteiger partial charge is 0.394 e. The number of fused-ring (bicyclic) bond motifs is 1. The van der Waals surface area contributed by atoms with Crippen LogP contribution in [0, 0.1) is 0 Å². The highest BCUT2D eigenvalue weighted by Gasteiger charge is 2.62. The number of aliphatic hydroxyl groups is 4. The molecule has 1 fully saturated rings. The molecule has 0 saturated carbocycles. The number of carbonyl (C=O) groups excluding carboxylic acids is 2. The van der Waals surface area contributed by atoms with E-state index in [2.05, 4.69) is 20.3 Å². The molecule has 0 spiro atoms. The molecule has 2 aromatic rings. The first kappa shape index (κ1) is 20.8. The molecule has 158 valence electrons. The van der Waals surface area contributed by atoms with Crippen molar-refractivity contribution in [2.75, 3.05) is 12.3 Å². The van der Waals surface area contributed by atoms with Crippen molar-refractivity contribution in [1.82, 2.24) is 24.8 Å². The van der Waals surface area contributed by atoms with Crippen LogP contribution >= 0.6 is 0 Å². The summed E-state index contributed by atoms with van der Waals surface area (Å²) in [6.07, 6.45) is -4.28. The number of ketones is 1. The number of ether oxygens (including phenoxy) is 1. The first-order chi connectivity index (χ1) is 13.6. The predicted molar refractivity (Wildman–Crippen MR) is 94.9 cm³/mol. The molecule has 2 aromatic heterocycles. The number of rotatable bonds is 6. The molecule has 1 aliphatic rings. The third-order valence-electron chi connectivity index (χ3n) is 4.75. The fourth-order valence-electron chi connectivity index (χ4n) is 3.35. The topological polar surface area (TPSA) is 232 Å². The molecule has 29 heavy (non-hydrogen) atoms. The maximum Gasteiger partial charge on any atom is 0.312 e. The summed E-state index contributed by atoms with van der Waals surface area (Å²) in [5.74, 6) is -1.09. The van der Waals surface area contributed by atoms with Gasteiger partial charge in [0.05, 0.1) is 12.7 Å². The van der Waals surface area contributed by atoms with Crippen molar-refractivity contribution in [3.8, 4) is 0 Å². The van der Waals surface area contributed by atoms with Crippen LogP contribution in [0.5, 0.6) is 0 Å². The van der Waals surface area contributed by atoms with Crippen LogP contribution in [0.1, 0.15) is 6.92 Å². The van der Waals surface area contributed by atoms with E-state index < -0.39 is 54.6 Å². The van der Waals surface area contributed by atoms with Gasteiger partial charge in [0.15, 0.2) is 11.5 Å². The Labute approximate surface area is 163 Å². The number of carbonyl (C=O) groups is 2. The minimum Gasteiger partial charge on any atom is -0.394 e. The van der Waals surface area contributed by atoms with Crippen LogP contribution in [0.25, 0.3) is 11.2 Å². The van der Waals surface area contributed by atoms with E-state index in [-0.39, 0.29) is 17.0 Å². The Bertz CT molecular complexity index is 935. The maximum atomic E-state index is 13.5. The third-order valence-corrected chi connectivity index (χ3v) is 4.75. The fraction of sp³-hybridized carbons (Fsp3) is 0.533. The zero-order valence-electron chi connectivity index (χ0n) is 15.2. The predicted octanol–water partition coefficient (Wildman–Crippen LogP) is -3.84. The molecule has 1 saturated heterocycles. The Morgan fingerprint density at radius 3 is 2.62 bits per heavy atom. The number of nitrogens with two attached hydrogens (primary N) is 2. The zero-order valence-corrected chi connectivity index (χ0v) is 15.2. The van der Waals surface area contributed by atoms with E-state index in [9.17, 15) is 30.0 Å². The Morgan fingerprint density at radius 1 is 1.38 bits per heavy atom. The average Bonchev–Trinajstić information content (AvgIpc) is 3.21. The van der Waals surface area contributed by atoms with E-state index in [1.165, 1.54) is 6.92 Å². The number of hydrogen-bond acceptors (Lipinski definition) is 11. The van der Waals surface area contributed by atoms with Crippen LogP contribution < -0.4 is 16.8 Å². The second kappa shape index (κ2) is 7.49. The number of amides is 2. The van der Waals surface area contributed by atoms with Crippen LogP contribution in [0.15, 0.2) is 12.7 Å². The smallest absolute Gasteiger partial charge is 0.312 e. The lowest BCUT2D eigenvalue weighted by Gasteiger charge is -2.35. The third kappa shape index (κ3) is 3.16. The maximum absolute atomic E-state index is 13.5. The molecular formula is C15H21N7O7. The van der Waals surface area contributed by atoms with Crippen LogP contribution in [-0.4, -0.2) is 88.8 Å². The van der Waals surface area contributed by atoms with Crippen LogP contribution in [0.4, 0.5) is 10.6 Å². The van der Waals surface area contributed by atoms with Crippen molar-refractivity contribution in [2.45, 2.75) is 43.1 Å². The number of nitrogen functional groups attached to an aromatic ring is 1. The molecule has 3 rings (SSSR count). The summed E-state index contributed by atoms with van der Waals surface area (Å²) in [4.78, 5) is 36.6. The Morgan fingerprint density at radius 2 is 2.07 bits per heavy atom. The molecule has 14 heteroatoms. The highest BCUT2D eigenvalue weighted by molar-refractivity contribution is 5.95.